The van der Waals surface area contributed by atoms with Gasteiger partial charge < -0.3 is 92.7 Å². The second-order valence-electron chi connectivity index (χ2n) is 20.5. The van der Waals surface area contributed by atoms with E-state index in [1.165, 1.54) is 71.4 Å². The molecule has 7 aromatic rings. The Labute approximate surface area is 454 Å². The maximum Gasteiger partial charge on any atom is 0.364 e. The van der Waals surface area contributed by atoms with Crippen molar-refractivity contribution >= 4 is 57.1 Å². The van der Waals surface area contributed by atoms with Crippen molar-refractivity contribution in [3.05, 3.63) is 126 Å². The van der Waals surface area contributed by atoms with E-state index < -0.39 is 118 Å². The minimum Gasteiger partial charge on any atom is -0.505 e. The second kappa shape index (κ2) is 21.3. The van der Waals surface area contributed by atoms with Crippen molar-refractivity contribution in [1.29, 1.82) is 0 Å². The molecule has 424 valence electrons. The van der Waals surface area contributed by atoms with Gasteiger partial charge in [0.15, 0.2) is 47.3 Å². The van der Waals surface area contributed by atoms with Crippen LogP contribution in [0.5, 0.6) is 23.0 Å². The number of carbonyl (C=O) groups is 4. The highest BCUT2D eigenvalue weighted by atomic mass is 16.7. The van der Waals surface area contributed by atoms with Gasteiger partial charge in [0, 0.05) is 42.9 Å². The molecule has 9 rings (SSSR count). The number of hydrogen-bond donors (Lipinski definition) is 9. The van der Waals surface area contributed by atoms with Gasteiger partial charge in [0.1, 0.15) is 52.0 Å². The summed E-state index contributed by atoms with van der Waals surface area (Å²) in [6.45, 7) is 14.6. The van der Waals surface area contributed by atoms with Crippen LogP contribution in [-0.4, -0.2) is 134 Å². The number of benzene rings is 2. The van der Waals surface area contributed by atoms with E-state index in [9.17, 15) is 49.2 Å². The number of aromatic amines is 3. The average Bonchev–Trinajstić information content (AvgIpc) is 4.22. The second-order valence-corrected chi connectivity index (χ2v) is 20.5. The molecule has 2 saturated heterocycles. The van der Waals surface area contributed by atoms with Gasteiger partial charge in [-0.2, -0.15) is 0 Å². The molecule has 2 aromatic carbocycles. The number of aliphatic hydroxyl groups excluding tert-OH is 2. The van der Waals surface area contributed by atoms with E-state index in [4.69, 9.17) is 46.7 Å². The number of nitrogens with one attached hydrogen (secondary N) is 5. The number of anilines is 2. The van der Waals surface area contributed by atoms with Crippen LogP contribution in [0, 0.1) is 34.6 Å². The molecule has 2 aliphatic heterocycles. The number of esters is 2. The molecule has 80 heavy (non-hydrogen) atoms. The molecule has 0 unspecified atom stereocenters. The molecular formula is C55H59N5O20. The number of H-pyrrole nitrogens is 3. The zero-order valence-electron chi connectivity index (χ0n) is 45.1. The number of rotatable bonds is 14. The maximum absolute atomic E-state index is 13.7. The predicted octanol–water partition coefficient (Wildman–Crippen LogP) is 5.57. The van der Waals surface area contributed by atoms with Gasteiger partial charge in [0.2, 0.25) is 12.6 Å². The van der Waals surface area contributed by atoms with Crippen molar-refractivity contribution in [2.75, 3.05) is 24.9 Å². The third kappa shape index (κ3) is 10.2. The number of ether oxygens (including phenoxy) is 8. The Morgan fingerprint density at radius 3 is 1.39 bits per heavy atom. The minimum absolute atomic E-state index is 0.0247. The lowest BCUT2D eigenvalue weighted by Crippen LogP contribution is -2.65. The molecule has 25 nitrogen and oxygen atoms in total. The number of aromatic hydroxyl groups is 2. The molecule has 8 atom stereocenters. The van der Waals surface area contributed by atoms with Crippen LogP contribution in [0.2, 0.25) is 0 Å². The van der Waals surface area contributed by atoms with Gasteiger partial charge in [-0.15, -0.1) is 0 Å². The van der Waals surface area contributed by atoms with Crippen LogP contribution in [0.25, 0.3) is 21.9 Å². The number of hydrogen-bond acceptors (Lipinski definition) is 20. The normalized spacial score (nSPS) is 22.4. The van der Waals surface area contributed by atoms with E-state index in [1.54, 1.807) is 53.7 Å². The van der Waals surface area contributed by atoms with Gasteiger partial charge in [-0.25, -0.2) is 19.2 Å². The van der Waals surface area contributed by atoms with Crippen molar-refractivity contribution < 1.29 is 86.3 Å². The lowest BCUT2D eigenvalue weighted by Gasteiger charge is -2.47. The molecule has 7 heterocycles. The average molecular weight is 1110 g/mol. The Bertz CT molecular complexity index is 3480. The minimum atomic E-state index is -1.59. The monoisotopic (exact) mass is 1110 g/mol. The molecule has 5 aromatic heterocycles. The van der Waals surface area contributed by atoms with E-state index in [-0.39, 0.29) is 72.8 Å². The summed E-state index contributed by atoms with van der Waals surface area (Å²) in [4.78, 5) is 89.0. The number of amides is 2. The summed E-state index contributed by atoms with van der Waals surface area (Å²) >= 11 is 0. The van der Waals surface area contributed by atoms with Crippen LogP contribution in [-0.2, 0) is 28.4 Å². The van der Waals surface area contributed by atoms with E-state index in [0.29, 0.717) is 11.4 Å². The Balaban J connectivity index is 0.890. The first-order valence-corrected chi connectivity index (χ1v) is 25.0. The Kier molecular flexibility index (Phi) is 15.0. The summed E-state index contributed by atoms with van der Waals surface area (Å²) in [5, 5.41) is 50.4. The Hall–Kier alpha value is -8.46. The molecule has 2 fully saturated rings. The van der Waals surface area contributed by atoms with Crippen molar-refractivity contribution in [3.63, 3.8) is 0 Å². The molecule has 0 spiro atoms. The highest BCUT2D eigenvalue weighted by Crippen LogP contribution is 2.41. The van der Waals surface area contributed by atoms with Crippen LogP contribution in [0.3, 0.4) is 0 Å². The number of aryl methyl sites for hydroxylation is 4. The summed E-state index contributed by atoms with van der Waals surface area (Å²) in [6, 6.07) is 11.9. The van der Waals surface area contributed by atoms with Gasteiger partial charge in [-0.1, -0.05) is 0 Å². The molecule has 0 aliphatic carbocycles. The summed E-state index contributed by atoms with van der Waals surface area (Å²) in [6.07, 6.45) is -9.34. The van der Waals surface area contributed by atoms with Crippen LogP contribution in [0.1, 0.15) is 97.6 Å². The molecule has 0 radical (unpaired) electrons. The maximum atomic E-state index is 13.7. The first-order valence-electron chi connectivity index (χ1n) is 25.0. The molecule has 2 aliphatic rings. The molecule has 2 amide bonds. The summed E-state index contributed by atoms with van der Waals surface area (Å²) in [7, 11) is 2.76. The zero-order chi connectivity index (χ0) is 58.0. The van der Waals surface area contributed by atoms with E-state index in [1.807, 2.05) is 0 Å². The third-order valence-corrected chi connectivity index (χ3v) is 14.2. The van der Waals surface area contributed by atoms with E-state index >= 15 is 0 Å². The number of methoxy groups -OCH3 is 2. The Morgan fingerprint density at radius 2 is 1.00 bits per heavy atom. The molecule has 9 N–H and O–H groups in total. The quantitative estimate of drug-likeness (QED) is 0.0474. The van der Waals surface area contributed by atoms with Gasteiger partial charge in [-0.3, -0.25) is 9.59 Å². The molecular weight excluding hydrogens is 1050 g/mol. The topological polar surface area (TPSA) is 355 Å². The summed E-state index contributed by atoms with van der Waals surface area (Å²) < 4.78 is 58.3. The number of carbonyl (C=O) groups excluding carboxylic acids is 4. The number of aliphatic hydroxyl groups is 2. The van der Waals surface area contributed by atoms with E-state index in [2.05, 4.69) is 25.6 Å². The molecule has 0 bridgehead atoms. The number of aromatic nitrogens is 3. The van der Waals surface area contributed by atoms with Crippen molar-refractivity contribution in [2.45, 2.75) is 123 Å². The lowest BCUT2D eigenvalue weighted by molar-refractivity contribution is -0.305. The van der Waals surface area contributed by atoms with Gasteiger partial charge in [0.25, 0.3) is 11.8 Å². The fourth-order valence-corrected chi connectivity index (χ4v) is 10.0. The number of fused-ring (bicyclic) bond motifs is 2. The standard InChI is InChI=1S/C55H59N5O20/c1-21-12-16-29(57-21)48(67)77-42-38(63)52(79-54(6,7)44(42)71-10)73-31-18-14-26-36(61)34(50(69)75-40(26)24(31)4)59-46(65)28-20-56-33(23(28)3)47(66)60-35-37(62)27-15-19-32(25(5)41(27)76-51(35)70)74-53-39(64)43(45(72-11)55(8,9)80-53)78-49(68)30-17-13-22(2)58-30/h12-20,38-39,42-45,52-53,56-58,61-64H,1-11H3,(H,59,65)(H,60,66)/t38-,39-,42+,43+,44-,45-,52-,53-/m0/s1. The fourth-order valence-electron chi connectivity index (χ4n) is 10.0. The smallest absolute Gasteiger partial charge is 0.364 e. The van der Waals surface area contributed by atoms with Crippen LogP contribution in [0.4, 0.5) is 11.4 Å². The summed E-state index contributed by atoms with van der Waals surface area (Å²) in [5.41, 5.74) is -4.60. The SMILES string of the molecule is CO[C@H]1[C@H](OC(=O)c2ccc(C)[nH]2)[C@H](O)[C@@H](Oc2ccc3c(O)c(NC(=O)c4c[nH]c(C(=O)Nc5c(O)c6ccc(O[C@H]7OC(C)(C)[C@@H](OC)[C@H](OC(=O)c8ccc(C)[nH]8)[C@@H]7O)c(C)c6oc5=O)c4C)c(=O)oc3c2C)OC1(C)C. The largest absolute Gasteiger partial charge is 0.505 e. The van der Waals surface area contributed by atoms with Crippen molar-refractivity contribution in [3.8, 4) is 23.0 Å². The first-order chi connectivity index (χ1) is 37.7. The molecule has 0 saturated carbocycles. The van der Waals surface area contributed by atoms with E-state index in [0.717, 1.165) is 6.20 Å². The summed E-state index contributed by atoms with van der Waals surface area (Å²) in [5.74, 6) is -4.71. The van der Waals surface area contributed by atoms with Crippen molar-refractivity contribution in [2.24, 2.45) is 0 Å². The van der Waals surface area contributed by atoms with Crippen LogP contribution >= 0.6 is 0 Å². The highest BCUT2D eigenvalue weighted by Gasteiger charge is 2.55. The lowest BCUT2D eigenvalue weighted by atomic mass is 9.89. The van der Waals surface area contributed by atoms with Gasteiger partial charge >= 0.3 is 23.2 Å². The van der Waals surface area contributed by atoms with Crippen LogP contribution in [0.15, 0.2) is 73.2 Å². The predicted molar refractivity (Wildman–Crippen MR) is 281 cm³/mol. The third-order valence-electron chi connectivity index (χ3n) is 14.2. The first kappa shape index (κ1) is 56.3. The highest BCUT2D eigenvalue weighted by molar-refractivity contribution is 6.12. The zero-order valence-corrected chi connectivity index (χ0v) is 45.1. The fraction of sp³-hybridized carbons (Fsp3) is 0.382. The Morgan fingerprint density at radius 1 is 0.588 bits per heavy atom. The van der Waals surface area contributed by atoms with Gasteiger partial charge in [-0.05, 0) is 116 Å². The van der Waals surface area contributed by atoms with Crippen LogP contribution < -0.4 is 31.4 Å². The van der Waals surface area contributed by atoms with Gasteiger partial charge in [0.05, 0.1) is 27.5 Å². The molecule has 25 heteroatoms. The van der Waals surface area contributed by atoms with Crippen molar-refractivity contribution in [1.82, 2.24) is 15.0 Å².